The van der Waals surface area contributed by atoms with Crippen LogP contribution in [0.4, 0.5) is 0 Å². The summed E-state index contributed by atoms with van der Waals surface area (Å²) in [7, 11) is 3.72. The maximum atomic E-state index is 12.7. The van der Waals surface area contributed by atoms with Crippen molar-refractivity contribution in [3.8, 4) is 0 Å². The smallest absolute Gasteiger partial charge is 0.236 e. The summed E-state index contributed by atoms with van der Waals surface area (Å²) in [5.41, 5.74) is 1.25. The maximum absolute atomic E-state index is 12.7. The summed E-state index contributed by atoms with van der Waals surface area (Å²) in [4.78, 5) is 28.6. The summed E-state index contributed by atoms with van der Waals surface area (Å²) < 4.78 is 0. The molecule has 0 radical (unpaired) electrons. The molecule has 1 atom stereocenters. The highest BCUT2D eigenvalue weighted by Gasteiger charge is 2.45. The van der Waals surface area contributed by atoms with E-state index in [2.05, 4.69) is 17.4 Å². The first-order valence-corrected chi connectivity index (χ1v) is 8.77. The molecule has 3 rings (SSSR count). The lowest BCUT2D eigenvalue weighted by Gasteiger charge is -2.49. The molecule has 2 heterocycles. The van der Waals surface area contributed by atoms with E-state index in [1.54, 1.807) is 7.05 Å². The molecule has 2 aliphatic heterocycles. The van der Waals surface area contributed by atoms with Gasteiger partial charge in [0, 0.05) is 26.7 Å². The summed E-state index contributed by atoms with van der Waals surface area (Å²) in [6, 6.07) is 10.1. The molecule has 2 amide bonds. The van der Waals surface area contributed by atoms with Crippen LogP contribution in [0.25, 0.3) is 0 Å². The van der Waals surface area contributed by atoms with Gasteiger partial charge in [0.1, 0.15) is 0 Å². The second-order valence-electron chi connectivity index (χ2n) is 7.27. The lowest BCUT2D eigenvalue weighted by molar-refractivity contribution is -0.142. The molecule has 5 heteroatoms. The van der Waals surface area contributed by atoms with Gasteiger partial charge < -0.3 is 15.1 Å². The molecule has 1 unspecified atom stereocenters. The van der Waals surface area contributed by atoms with Crippen LogP contribution in [-0.4, -0.2) is 61.9 Å². The van der Waals surface area contributed by atoms with Gasteiger partial charge in [-0.2, -0.15) is 0 Å². The topological polar surface area (TPSA) is 52.7 Å². The zero-order valence-corrected chi connectivity index (χ0v) is 14.6. The van der Waals surface area contributed by atoms with Crippen molar-refractivity contribution in [3.05, 3.63) is 35.9 Å². The molecular formula is C19H27N3O2. The van der Waals surface area contributed by atoms with Gasteiger partial charge in [0.15, 0.2) is 0 Å². The van der Waals surface area contributed by atoms with Crippen molar-refractivity contribution in [2.24, 2.45) is 5.41 Å². The Morgan fingerprint density at radius 2 is 1.92 bits per heavy atom. The van der Waals surface area contributed by atoms with Gasteiger partial charge in [-0.3, -0.25) is 9.59 Å². The number of likely N-dealkylation sites (N-methyl/N-ethyl adjacent to an activating group) is 2. The molecule has 1 aromatic carbocycles. The molecule has 24 heavy (non-hydrogen) atoms. The van der Waals surface area contributed by atoms with Gasteiger partial charge in [-0.15, -0.1) is 0 Å². The Morgan fingerprint density at radius 3 is 2.54 bits per heavy atom. The summed E-state index contributed by atoms with van der Waals surface area (Å²) in [5.74, 6) is 0.345. The lowest BCUT2D eigenvalue weighted by Crippen LogP contribution is -2.54. The van der Waals surface area contributed by atoms with E-state index in [9.17, 15) is 9.59 Å². The van der Waals surface area contributed by atoms with Crippen LogP contribution >= 0.6 is 0 Å². The third-order valence-corrected chi connectivity index (χ3v) is 5.59. The van der Waals surface area contributed by atoms with Crippen molar-refractivity contribution >= 4 is 11.8 Å². The fourth-order valence-electron chi connectivity index (χ4n) is 4.23. The van der Waals surface area contributed by atoms with E-state index in [0.29, 0.717) is 6.54 Å². The van der Waals surface area contributed by atoms with Crippen LogP contribution < -0.4 is 5.32 Å². The first kappa shape index (κ1) is 17.0. The highest BCUT2D eigenvalue weighted by atomic mass is 16.2. The van der Waals surface area contributed by atoms with Crippen molar-refractivity contribution in [1.29, 1.82) is 0 Å². The molecule has 0 saturated carbocycles. The fraction of sp³-hybridized carbons (Fsp3) is 0.579. The first-order valence-electron chi connectivity index (χ1n) is 8.77. The molecule has 0 aromatic heterocycles. The average Bonchev–Trinajstić information content (AvgIpc) is 2.60. The molecule has 2 saturated heterocycles. The van der Waals surface area contributed by atoms with Crippen LogP contribution in [0.3, 0.4) is 0 Å². The van der Waals surface area contributed by atoms with E-state index in [-0.39, 0.29) is 23.1 Å². The Labute approximate surface area is 144 Å². The number of rotatable bonds is 3. The number of carbonyl (C=O) groups excluding carboxylic acids is 2. The van der Waals surface area contributed by atoms with E-state index < -0.39 is 0 Å². The summed E-state index contributed by atoms with van der Waals surface area (Å²) in [6.45, 7) is 2.80. The number of benzene rings is 1. The Balaban J connectivity index is 1.73. The maximum Gasteiger partial charge on any atom is 0.236 e. The van der Waals surface area contributed by atoms with E-state index in [0.717, 1.165) is 44.5 Å². The van der Waals surface area contributed by atoms with Gasteiger partial charge in [-0.25, -0.2) is 0 Å². The molecule has 2 aliphatic rings. The highest BCUT2D eigenvalue weighted by Crippen LogP contribution is 2.45. The van der Waals surface area contributed by atoms with Gasteiger partial charge in [0.05, 0.1) is 12.5 Å². The van der Waals surface area contributed by atoms with Crippen LogP contribution in [-0.2, 0) is 9.59 Å². The Bertz CT molecular complexity index is 594. The van der Waals surface area contributed by atoms with Crippen molar-refractivity contribution in [2.45, 2.75) is 25.2 Å². The van der Waals surface area contributed by atoms with Crippen LogP contribution in [0, 0.1) is 5.41 Å². The van der Waals surface area contributed by atoms with E-state index in [1.807, 2.05) is 35.0 Å². The van der Waals surface area contributed by atoms with Gasteiger partial charge >= 0.3 is 0 Å². The second kappa shape index (κ2) is 6.93. The van der Waals surface area contributed by atoms with Gasteiger partial charge in [-0.1, -0.05) is 30.3 Å². The third kappa shape index (κ3) is 3.31. The minimum absolute atomic E-state index is 0.0514. The van der Waals surface area contributed by atoms with Crippen LogP contribution in [0.1, 0.15) is 30.7 Å². The molecule has 1 aromatic rings. The molecule has 5 nitrogen and oxygen atoms in total. The molecule has 2 fully saturated rings. The summed E-state index contributed by atoms with van der Waals surface area (Å²) in [5, 5.41) is 2.93. The van der Waals surface area contributed by atoms with Crippen LogP contribution in [0.15, 0.2) is 30.3 Å². The van der Waals surface area contributed by atoms with Crippen molar-refractivity contribution in [3.63, 3.8) is 0 Å². The quantitative estimate of drug-likeness (QED) is 0.913. The molecule has 130 valence electrons. The predicted molar refractivity (Wildman–Crippen MR) is 93.6 cm³/mol. The average molecular weight is 329 g/mol. The largest absolute Gasteiger partial charge is 0.345 e. The Kier molecular flexibility index (Phi) is 4.90. The van der Waals surface area contributed by atoms with E-state index in [1.165, 1.54) is 0 Å². The summed E-state index contributed by atoms with van der Waals surface area (Å²) in [6.07, 6.45) is 2.85. The van der Waals surface area contributed by atoms with Crippen molar-refractivity contribution in [1.82, 2.24) is 15.1 Å². The highest BCUT2D eigenvalue weighted by molar-refractivity contribution is 5.84. The molecule has 0 bridgehead atoms. The summed E-state index contributed by atoms with van der Waals surface area (Å²) >= 11 is 0. The van der Waals surface area contributed by atoms with Gasteiger partial charge in [-0.05, 0) is 37.3 Å². The zero-order valence-electron chi connectivity index (χ0n) is 14.6. The number of nitrogens with one attached hydrogen (secondary N) is 1. The number of amides is 2. The Hall–Kier alpha value is -1.88. The number of nitrogens with zero attached hydrogens (tertiary/aromatic N) is 2. The third-order valence-electron chi connectivity index (χ3n) is 5.59. The number of piperidine rings is 2. The number of hydrogen-bond acceptors (Lipinski definition) is 3. The minimum Gasteiger partial charge on any atom is -0.345 e. The Morgan fingerprint density at radius 1 is 1.25 bits per heavy atom. The molecule has 0 aliphatic carbocycles. The standard InChI is InChI=1S/C19H27N3O2/c1-20-13-17(23)22-10-8-19(9-11-22)12-16(18(24)21(2)14-19)15-6-4-3-5-7-15/h3-7,16,20H,8-14H2,1-2H3. The van der Waals surface area contributed by atoms with Gasteiger partial charge in [0.25, 0.3) is 0 Å². The molecule has 1 N–H and O–H groups in total. The van der Waals surface area contributed by atoms with Crippen molar-refractivity contribution < 1.29 is 9.59 Å². The fourth-order valence-corrected chi connectivity index (χ4v) is 4.23. The van der Waals surface area contributed by atoms with E-state index in [4.69, 9.17) is 0 Å². The van der Waals surface area contributed by atoms with Gasteiger partial charge in [0.2, 0.25) is 11.8 Å². The monoisotopic (exact) mass is 329 g/mol. The van der Waals surface area contributed by atoms with Crippen LogP contribution in [0.5, 0.6) is 0 Å². The van der Waals surface area contributed by atoms with Crippen molar-refractivity contribution in [2.75, 3.05) is 40.3 Å². The zero-order chi connectivity index (χ0) is 17.2. The normalized spacial score (nSPS) is 23.6. The number of carbonyl (C=O) groups is 2. The number of hydrogen-bond donors (Lipinski definition) is 1. The van der Waals surface area contributed by atoms with E-state index >= 15 is 0 Å². The predicted octanol–water partition coefficient (Wildman–Crippen LogP) is 1.46. The van der Waals surface area contributed by atoms with Crippen LogP contribution in [0.2, 0.25) is 0 Å². The minimum atomic E-state index is -0.0514. The molecule has 1 spiro atoms. The lowest BCUT2D eigenvalue weighted by atomic mass is 9.67. The first-order chi connectivity index (χ1) is 11.5. The molecular weight excluding hydrogens is 302 g/mol. The SMILES string of the molecule is CNCC(=O)N1CCC2(CC1)CC(c1ccccc1)C(=O)N(C)C2. The second-order valence-corrected chi connectivity index (χ2v) is 7.27. The number of likely N-dealkylation sites (tertiary alicyclic amines) is 2.